The monoisotopic (exact) mass is 289 g/mol. The summed E-state index contributed by atoms with van der Waals surface area (Å²) in [5, 5.41) is 13.2. The Morgan fingerprint density at radius 3 is 2.55 bits per heavy atom. The molecule has 0 unspecified atom stereocenters. The molecule has 6 heteroatoms. The Balaban J connectivity index is 1.71. The highest BCUT2D eigenvalue weighted by atomic mass is 16.4. The Bertz CT molecular complexity index is 915. The van der Waals surface area contributed by atoms with E-state index in [1.807, 2.05) is 42.5 Å². The molecule has 6 nitrogen and oxygen atoms in total. The number of hydrogen-bond donors (Lipinski definition) is 1. The molecule has 106 valence electrons. The number of nitrogens with zero attached hydrogens (tertiary/aromatic N) is 4. The minimum atomic E-state index is 0.258. The smallest absolute Gasteiger partial charge is 0.322 e. The molecule has 0 bridgehead atoms. The van der Waals surface area contributed by atoms with Crippen LogP contribution in [0.2, 0.25) is 0 Å². The van der Waals surface area contributed by atoms with E-state index in [0.717, 1.165) is 16.3 Å². The first-order valence-electron chi connectivity index (χ1n) is 6.76. The molecule has 0 aliphatic heterocycles. The fraction of sp³-hybridized carbons (Fsp3) is 0. The average molecular weight is 289 g/mol. The van der Waals surface area contributed by atoms with Crippen molar-refractivity contribution in [3.63, 3.8) is 0 Å². The van der Waals surface area contributed by atoms with E-state index in [9.17, 15) is 0 Å². The quantitative estimate of drug-likeness (QED) is 0.622. The summed E-state index contributed by atoms with van der Waals surface area (Å²) in [6.07, 6.45) is 3.27. The molecule has 4 aromatic rings. The van der Waals surface area contributed by atoms with Crippen molar-refractivity contribution in [3.05, 3.63) is 60.9 Å². The van der Waals surface area contributed by atoms with Gasteiger partial charge in [-0.15, -0.1) is 5.10 Å². The average Bonchev–Trinajstić information content (AvgIpc) is 3.03. The van der Waals surface area contributed by atoms with Gasteiger partial charge >= 0.3 is 6.01 Å². The van der Waals surface area contributed by atoms with Crippen LogP contribution in [0.1, 0.15) is 0 Å². The van der Waals surface area contributed by atoms with E-state index in [1.54, 1.807) is 18.5 Å². The van der Waals surface area contributed by atoms with Crippen molar-refractivity contribution in [3.8, 4) is 11.5 Å². The van der Waals surface area contributed by atoms with Crippen LogP contribution in [-0.4, -0.2) is 20.2 Å². The number of rotatable bonds is 3. The van der Waals surface area contributed by atoms with E-state index in [2.05, 4.69) is 25.5 Å². The third-order valence-corrected chi connectivity index (χ3v) is 3.23. The van der Waals surface area contributed by atoms with Crippen LogP contribution in [0, 0.1) is 0 Å². The van der Waals surface area contributed by atoms with Crippen molar-refractivity contribution in [1.82, 2.24) is 20.2 Å². The van der Waals surface area contributed by atoms with Crippen molar-refractivity contribution in [2.24, 2.45) is 0 Å². The number of nitrogens with one attached hydrogen (secondary N) is 1. The van der Waals surface area contributed by atoms with E-state index in [0.29, 0.717) is 11.8 Å². The zero-order valence-corrected chi connectivity index (χ0v) is 11.5. The molecule has 0 saturated carbocycles. The van der Waals surface area contributed by atoms with Gasteiger partial charge in [0, 0.05) is 18.0 Å². The lowest BCUT2D eigenvalue weighted by Crippen LogP contribution is -1.95. The molecular formula is C16H11N5O. The maximum Gasteiger partial charge on any atom is 0.322 e. The van der Waals surface area contributed by atoms with Crippen LogP contribution in [0.25, 0.3) is 22.2 Å². The molecule has 1 N–H and O–H groups in total. The molecule has 0 saturated heterocycles. The lowest BCUT2D eigenvalue weighted by Gasteiger charge is -2.01. The Morgan fingerprint density at radius 1 is 0.818 bits per heavy atom. The van der Waals surface area contributed by atoms with Gasteiger partial charge in [0.25, 0.3) is 0 Å². The Morgan fingerprint density at radius 2 is 1.64 bits per heavy atom. The highest BCUT2D eigenvalue weighted by molar-refractivity contribution is 5.94. The van der Waals surface area contributed by atoms with Crippen LogP contribution in [-0.2, 0) is 0 Å². The zero-order valence-electron chi connectivity index (χ0n) is 11.5. The van der Waals surface area contributed by atoms with Gasteiger partial charge < -0.3 is 4.42 Å². The van der Waals surface area contributed by atoms with E-state index < -0.39 is 0 Å². The molecule has 4 rings (SSSR count). The number of hydrogen-bond acceptors (Lipinski definition) is 6. The van der Waals surface area contributed by atoms with E-state index in [4.69, 9.17) is 4.42 Å². The number of benzene rings is 2. The van der Waals surface area contributed by atoms with Crippen molar-refractivity contribution in [1.29, 1.82) is 0 Å². The van der Waals surface area contributed by atoms with Crippen LogP contribution in [0.3, 0.4) is 0 Å². The minimum absolute atomic E-state index is 0.258. The van der Waals surface area contributed by atoms with Crippen LogP contribution in [0.15, 0.2) is 65.3 Å². The molecule has 2 aromatic carbocycles. The van der Waals surface area contributed by atoms with E-state index >= 15 is 0 Å². The summed E-state index contributed by atoms with van der Waals surface area (Å²) < 4.78 is 5.67. The molecule has 0 spiro atoms. The predicted octanol–water partition coefficient (Wildman–Crippen LogP) is 3.42. The van der Waals surface area contributed by atoms with Gasteiger partial charge in [-0.1, -0.05) is 41.5 Å². The van der Waals surface area contributed by atoms with Gasteiger partial charge in [0.15, 0.2) is 0 Å². The van der Waals surface area contributed by atoms with Gasteiger partial charge in [0.05, 0.1) is 0 Å². The van der Waals surface area contributed by atoms with Crippen LogP contribution in [0.4, 0.5) is 12.0 Å². The fourth-order valence-electron chi connectivity index (χ4n) is 2.25. The van der Waals surface area contributed by atoms with Crippen LogP contribution >= 0.6 is 0 Å². The first-order chi connectivity index (χ1) is 10.9. The second-order valence-corrected chi connectivity index (χ2v) is 4.64. The van der Waals surface area contributed by atoms with Gasteiger partial charge in [-0.3, -0.25) is 5.32 Å². The third kappa shape index (κ3) is 2.26. The molecule has 2 heterocycles. The van der Waals surface area contributed by atoms with E-state index in [1.165, 1.54) is 0 Å². The van der Waals surface area contributed by atoms with Crippen molar-refractivity contribution >= 4 is 22.7 Å². The van der Waals surface area contributed by atoms with Gasteiger partial charge in [-0.25, -0.2) is 9.97 Å². The second-order valence-electron chi connectivity index (χ2n) is 4.64. The lowest BCUT2D eigenvalue weighted by molar-refractivity contribution is 0.587. The zero-order chi connectivity index (χ0) is 14.8. The standard InChI is InChI=1S/C16H11N5O/c1-2-7-12-11(5-1)6-3-8-13(12)14-20-21-16(22-14)19-15-17-9-4-10-18-15/h1-10H,(H,17,18,19,21). The molecule has 0 amide bonds. The topological polar surface area (TPSA) is 76.7 Å². The molecule has 0 fully saturated rings. The summed E-state index contributed by atoms with van der Waals surface area (Å²) in [5.74, 6) is 0.867. The summed E-state index contributed by atoms with van der Waals surface area (Å²) >= 11 is 0. The summed E-state index contributed by atoms with van der Waals surface area (Å²) in [5.41, 5.74) is 0.896. The minimum Gasteiger partial charge on any atom is -0.403 e. The number of anilines is 2. The second kappa shape index (κ2) is 5.25. The van der Waals surface area contributed by atoms with Crippen LogP contribution in [0.5, 0.6) is 0 Å². The Kier molecular flexibility index (Phi) is 2.97. The number of fused-ring (bicyclic) bond motifs is 1. The lowest BCUT2D eigenvalue weighted by atomic mass is 10.0. The largest absolute Gasteiger partial charge is 0.403 e. The molecule has 2 aromatic heterocycles. The summed E-state index contributed by atoms with van der Waals surface area (Å²) in [7, 11) is 0. The fourth-order valence-corrected chi connectivity index (χ4v) is 2.25. The molecule has 0 aliphatic rings. The Hall–Kier alpha value is -3.28. The van der Waals surface area contributed by atoms with Crippen molar-refractivity contribution < 1.29 is 4.42 Å². The normalized spacial score (nSPS) is 10.7. The third-order valence-electron chi connectivity index (χ3n) is 3.23. The molecule has 0 radical (unpaired) electrons. The SMILES string of the molecule is c1cnc(Nc2nnc(-c3cccc4ccccc34)o2)nc1. The van der Waals surface area contributed by atoms with Gasteiger partial charge in [-0.05, 0) is 22.9 Å². The molecular weight excluding hydrogens is 278 g/mol. The predicted molar refractivity (Wildman–Crippen MR) is 82.6 cm³/mol. The summed E-state index contributed by atoms with van der Waals surface area (Å²) in [4.78, 5) is 8.11. The Labute approximate surface area is 125 Å². The maximum atomic E-state index is 5.67. The van der Waals surface area contributed by atoms with Crippen molar-refractivity contribution in [2.45, 2.75) is 0 Å². The van der Waals surface area contributed by atoms with Gasteiger partial charge in [0.2, 0.25) is 11.8 Å². The maximum absolute atomic E-state index is 5.67. The molecule has 0 atom stereocenters. The van der Waals surface area contributed by atoms with Gasteiger partial charge in [-0.2, -0.15) is 0 Å². The van der Waals surface area contributed by atoms with Crippen molar-refractivity contribution in [2.75, 3.05) is 5.32 Å². The molecule has 22 heavy (non-hydrogen) atoms. The first kappa shape index (κ1) is 12.5. The molecule has 0 aliphatic carbocycles. The summed E-state index contributed by atoms with van der Waals surface area (Å²) in [6, 6.07) is 16.0. The summed E-state index contributed by atoms with van der Waals surface area (Å²) in [6.45, 7) is 0. The first-order valence-corrected chi connectivity index (χ1v) is 6.76. The number of aromatic nitrogens is 4. The van der Waals surface area contributed by atoms with Crippen LogP contribution < -0.4 is 5.32 Å². The highest BCUT2D eigenvalue weighted by Gasteiger charge is 2.12. The van der Waals surface area contributed by atoms with E-state index in [-0.39, 0.29) is 6.01 Å². The van der Waals surface area contributed by atoms with Gasteiger partial charge in [0.1, 0.15) is 0 Å². The highest BCUT2D eigenvalue weighted by Crippen LogP contribution is 2.28.